The van der Waals surface area contributed by atoms with E-state index in [-0.39, 0.29) is 0 Å². The summed E-state index contributed by atoms with van der Waals surface area (Å²) < 4.78 is 5.12. The van der Waals surface area contributed by atoms with Crippen LogP contribution in [0.5, 0.6) is 5.75 Å². The fourth-order valence-corrected chi connectivity index (χ4v) is 5.18. The van der Waals surface area contributed by atoms with Gasteiger partial charge in [-0.3, -0.25) is 4.90 Å². The van der Waals surface area contributed by atoms with Crippen LogP contribution < -0.4 is 10.5 Å². The number of H-pyrrole nitrogens is 1. The van der Waals surface area contributed by atoms with E-state index < -0.39 is 6.09 Å². The molecule has 4 rings (SSSR count). The molecular formula is C22H32N4O2. The summed E-state index contributed by atoms with van der Waals surface area (Å²) in [4.78, 5) is 22.1. The van der Waals surface area contributed by atoms with Crippen molar-refractivity contribution >= 4 is 17.1 Å². The third kappa shape index (κ3) is 4.17. The molecule has 6 nitrogen and oxygen atoms in total. The van der Waals surface area contributed by atoms with Gasteiger partial charge in [-0.25, -0.2) is 9.78 Å². The molecule has 2 aromatic rings. The number of nitrogens with zero attached hydrogens (tertiary/aromatic N) is 2. The molecule has 2 aliphatic rings. The predicted octanol–water partition coefficient (Wildman–Crippen LogP) is 4.56. The molecular weight excluding hydrogens is 352 g/mol. The average Bonchev–Trinajstić information content (AvgIpc) is 3.14. The summed E-state index contributed by atoms with van der Waals surface area (Å²) in [6.07, 6.45) is 9.71. The van der Waals surface area contributed by atoms with E-state index >= 15 is 0 Å². The number of carbonyl (C=O) groups is 1. The summed E-state index contributed by atoms with van der Waals surface area (Å²) in [7, 11) is 0. The summed E-state index contributed by atoms with van der Waals surface area (Å²) >= 11 is 0. The van der Waals surface area contributed by atoms with Crippen molar-refractivity contribution in [3.63, 3.8) is 0 Å². The van der Waals surface area contributed by atoms with E-state index in [1.54, 1.807) is 6.07 Å². The number of nitrogens with two attached hydrogens (primary N) is 1. The van der Waals surface area contributed by atoms with Crippen LogP contribution in [0.3, 0.4) is 0 Å². The van der Waals surface area contributed by atoms with Crippen molar-refractivity contribution in [2.24, 2.45) is 11.7 Å². The van der Waals surface area contributed by atoms with Gasteiger partial charge in [-0.15, -0.1) is 0 Å². The first kappa shape index (κ1) is 19.2. The van der Waals surface area contributed by atoms with E-state index in [1.165, 1.54) is 51.5 Å². The molecule has 3 N–H and O–H groups in total. The van der Waals surface area contributed by atoms with Gasteiger partial charge >= 0.3 is 6.09 Å². The fourth-order valence-electron chi connectivity index (χ4n) is 5.18. The highest BCUT2D eigenvalue weighted by Gasteiger charge is 2.31. The Morgan fingerprint density at radius 2 is 2.11 bits per heavy atom. The van der Waals surface area contributed by atoms with E-state index in [2.05, 4.69) is 16.8 Å². The van der Waals surface area contributed by atoms with Gasteiger partial charge in [0.15, 0.2) is 5.75 Å². The molecule has 1 amide bonds. The molecule has 1 saturated heterocycles. The number of ether oxygens (including phenoxy) is 1. The molecule has 2 heterocycles. The topological polar surface area (TPSA) is 84.2 Å². The third-order valence-corrected chi connectivity index (χ3v) is 6.57. The number of piperidine rings is 1. The Labute approximate surface area is 166 Å². The minimum Gasteiger partial charge on any atom is -0.408 e. The van der Waals surface area contributed by atoms with Gasteiger partial charge in [0.05, 0.1) is 5.52 Å². The van der Waals surface area contributed by atoms with Crippen LogP contribution in [0, 0.1) is 5.92 Å². The predicted molar refractivity (Wildman–Crippen MR) is 111 cm³/mol. The van der Waals surface area contributed by atoms with E-state index in [0.29, 0.717) is 17.2 Å². The quantitative estimate of drug-likeness (QED) is 0.791. The van der Waals surface area contributed by atoms with E-state index in [4.69, 9.17) is 15.5 Å². The van der Waals surface area contributed by atoms with Crippen LogP contribution >= 0.6 is 0 Å². The molecule has 1 saturated carbocycles. The molecule has 1 aromatic heterocycles. The van der Waals surface area contributed by atoms with Gasteiger partial charge in [-0.2, -0.15) is 0 Å². The van der Waals surface area contributed by atoms with Crippen LogP contribution in [0.1, 0.15) is 70.0 Å². The zero-order chi connectivity index (χ0) is 19.5. The van der Waals surface area contributed by atoms with E-state index in [0.717, 1.165) is 36.3 Å². The summed E-state index contributed by atoms with van der Waals surface area (Å²) in [5.74, 6) is 2.77. The number of amides is 1. The molecule has 0 spiro atoms. The van der Waals surface area contributed by atoms with Gasteiger partial charge in [0.25, 0.3) is 0 Å². The van der Waals surface area contributed by atoms with Crippen molar-refractivity contribution in [1.29, 1.82) is 0 Å². The molecule has 1 aliphatic heterocycles. The number of hydrogen-bond acceptors (Lipinski definition) is 4. The van der Waals surface area contributed by atoms with Crippen LogP contribution in [0.25, 0.3) is 11.0 Å². The highest BCUT2D eigenvalue weighted by molar-refractivity contribution is 5.84. The Morgan fingerprint density at radius 3 is 2.86 bits per heavy atom. The highest BCUT2D eigenvalue weighted by atomic mass is 16.5. The number of carbonyl (C=O) groups excluding carboxylic acids is 1. The second kappa shape index (κ2) is 8.52. The van der Waals surface area contributed by atoms with Gasteiger partial charge in [-0.05, 0) is 63.1 Å². The summed E-state index contributed by atoms with van der Waals surface area (Å²) in [6, 6.07) is 6.29. The minimum absolute atomic E-state index is 0.399. The number of aromatic nitrogens is 2. The molecule has 6 heteroatoms. The number of hydrogen-bond donors (Lipinski definition) is 2. The SMILES string of the molecule is CCC[C@H]1CC[C@H](N2CCCC(c3nc4c(OC(N)=O)cccc4[nH]3)C2)CC1. The Kier molecular flexibility index (Phi) is 5.85. The number of nitrogens with one attached hydrogen (secondary N) is 1. The molecule has 1 aliphatic carbocycles. The number of fused-ring (bicyclic) bond motifs is 1. The molecule has 0 radical (unpaired) electrons. The molecule has 1 unspecified atom stereocenters. The van der Waals surface area contributed by atoms with Gasteiger partial charge in [0, 0.05) is 18.5 Å². The van der Waals surface area contributed by atoms with Gasteiger partial charge in [-0.1, -0.05) is 25.8 Å². The number of imidazole rings is 1. The lowest BCUT2D eigenvalue weighted by Gasteiger charge is -2.41. The van der Waals surface area contributed by atoms with Gasteiger partial charge in [0.1, 0.15) is 11.3 Å². The molecule has 1 atom stereocenters. The number of aromatic amines is 1. The standard InChI is InChI=1S/C22H32N4O2/c1-2-5-15-9-11-17(12-10-15)26-13-4-6-16(14-26)21-24-18-7-3-8-19(20(18)25-21)28-22(23)27/h3,7-8,15-17H,2,4-6,9-14H2,1H3,(H2,23,27)(H,24,25)/t15-,16?,17-. The summed E-state index contributed by atoms with van der Waals surface area (Å²) in [5, 5.41) is 0. The molecule has 0 bridgehead atoms. The molecule has 2 fully saturated rings. The second-order valence-electron chi connectivity index (χ2n) is 8.49. The Morgan fingerprint density at radius 1 is 1.29 bits per heavy atom. The second-order valence-corrected chi connectivity index (χ2v) is 8.49. The van der Waals surface area contributed by atoms with Crippen LogP contribution in [0.2, 0.25) is 0 Å². The van der Waals surface area contributed by atoms with Crippen LogP contribution in [0.15, 0.2) is 18.2 Å². The summed E-state index contributed by atoms with van der Waals surface area (Å²) in [5.41, 5.74) is 6.77. The fraction of sp³-hybridized carbons (Fsp3) is 0.636. The Bertz CT molecular complexity index is 810. The van der Waals surface area contributed by atoms with Crippen molar-refractivity contribution in [2.75, 3.05) is 13.1 Å². The number of benzene rings is 1. The molecule has 28 heavy (non-hydrogen) atoms. The maximum absolute atomic E-state index is 11.2. The zero-order valence-electron chi connectivity index (χ0n) is 16.8. The van der Waals surface area contributed by atoms with Crippen molar-refractivity contribution in [2.45, 2.75) is 70.3 Å². The smallest absolute Gasteiger partial charge is 0.408 e. The van der Waals surface area contributed by atoms with E-state index in [9.17, 15) is 4.79 Å². The first-order valence-corrected chi connectivity index (χ1v) is 10.8. The van der Waals surface area contributed by atoms with Gasteiger partial charge in [0.2, 0.25) is 0 Å². The zero-order valence-corrected chi connectivity index (χ0v) is 16.8. The molecule has 152 valence electrons. The summed E-state index contributed by atoms with van der Waals surface area (Å²) in [6.45, 7) is 4.57. The normalized spacial score (nSPS) is 26.4. The van der Waals surface area contributed by atoms with Crippen LogP contribution in [-0.4, -0.2) is 40.1 Å². The number of likely N-dealkylation sites (tertiary alicyclic amines) is 1. The lowest BCUT2D eigenvalue weighted by Crippen LogP contribution is -2.43. The lowest BCUT2D eigenvalue weighted by atomic mass is 9.82. The number of primary amides is 1. The molecule has 1 aromatic carbocycles. The highest BCUT2D eigenvalue weighted by Crippen LogP contribution is 2.35. The van der Waals surface area contributed by atoms with Crippen molar-refractivity contribution in [3.05, 3.63) is 24.0 Å². The first-order valence-electron chi connectivity index (χ1n) is 10.8. The average molecular weight is 385 g/mol. The van der Waals surface area contributed by atoms with E-state index in [1.807, 2.05) is 12.1 Å². The maximum atomic E-state index is 11.2. The maximum Gasteiger partial charge on any atom is 0.410 e. The lowest BCUT2D eigenvalue weighted by molar-refractivity contribution is 0.101. The largest absolute Gasteiger partial charge is 0.410 e. The van der Waals surface area contributed by atoms with Crippen LogP contribution in [-0.2, 0) is 0 Å². The third-order valence-electron chi connectivity index (χ3n) is 6.57. The number of rotatable bonds is 5. The van der Waals surface area contributed by atoms with Crippen molar-refractivity contribution in [3.8, 4) is 5.75 Å². The van der Waals surface area contributed by atoms with Crippen molar-refractivity contribution in [1.82, 2.24) is 14.9 Å². The number of para-hydroxylation sites is 1. The van der Waals surface area contributed by atoms with Crippen LogP contribution in [0.4, 0.5) is 4.79 Å². The monoisotopic (exact) mass is 384 g/mol. The minimum atomic E-state index is -0.806. The van der Waals surface area contributed by atoms with Gasteiger partial charge < -0.3 is 15.5 Å². The van der Waals surface area contributed by atoms with Crippen molar-refractivity contribution < 1.29 is 9.53 Å². The first-order chi connectivity index (χ1) is 13.6. The Hall–Kier alpha value is -2.08. The Balaban J connectivity index is 1.45.